The van der Waals surface area contributed by atoms with Crippen molar-refractivity contribution in [3.63, 3.8) is 0 Å². The Bertz CT molecular complexity index is 532. The highest BCUT2D eigenvalue weighted by Gasteiger charge is 2.11. The Balaban J connectivity index is 2.42. The van der Waals surface area contributed by atoms with E-state index in [1.165, 1.54) is 0 Å². The van der Waals surface area contributed by atoms with Crippen LogP contribution in [0.2, 0.25) is 0 Å². The maximum absolute atomic E-state index is 5.56. The van der Waals surface area contributed by atoms with Crippen molar-refractivity contribution in [1.82, 2.24) is 4.98 Å². The van der Waals surface area contributed by atoms with Gasteiger partial charge in [-0.15, -0.1) is 0 Å². The molecule has 0 unspecified atom stereocenters. The van der Waals surface area contributed by atoms with Crippen molar-refractivity contribution in [2.24, 2.45) is 0 Å². The van der Waals surface area contributed by atoms with Gasteiger partial charge in [-0.1, -0.05) is 13.8 Å². The SMILES string of the molecule is CNc1ncc(-c2ccc(OC)c(C(C)C)c2)o1. The first-order valence-corrected chi connectivity index (χ1v) is 5.97. The van der Waals surface area contributed by atoms with Crippen molar-refractivity contribution >= 4 is 6.01 Å². The van der Waals surface area contributed by atoms with E-state index < -0.39 is 0 Å². The molecule has 0 aliphatic rings. The van der Waals surface area contributed by atoms with Gasteiger partial charge in [-0.25, -0.2) is 4.98 Å². The second-order valence-corrected chi connectivity index (χ2v) is 4.39. The molecule has 0 aliphatic carbocycles. The number of rotatable bonds is 4. The van der Waals surface area contributed by atoms with Crippen molar-refractivity contribution in [3.8, 4) is 17.1 Å². The number of methoxy groups -OCH3 is 1. The normalized spacial score (nSPS) is 10.7. The predicted octanol–water partition coefficient (Wildman–Crippen LogP) is 3.52. The molecule has 4 heteroatoms. The molecule has 0 aliphatic heterocycles. The second kappa shape index (κ2) is 5.12. The fourth-order valence-electron chi connectivity index (χ4n) is 1.86. The molecule has 0 fully saturated rings. The van der Waals surface area contributed by atoms with Crippen molar-refractivity contribution in [1.29, 1.82) is 0 Å². The first-order chi connectivity index (χ1) is 8.65. The van der Waals surface area contributed by atoms with E-state index >= 15 is 0 Å². The molecule has 0 saturated carbocycles. The smallest absolute Gasteiger partial charge is 0.294 e. The zero-order valence-corrected chi connectivity index (χ0v) is 11.2. The molecule has 0 bridgehead atoms. The number of nitrogens with one attached hydrogen (secondary N) is 1. The summed E-state index contributed by atoms with van der Waals surface area (Å²) in [5.74, 6) is 2.05. The molecule has 18 heavy (non-hydrogen) atoms. The summed E-state index contributed by atoms with van der Waals surface area (Å²) in [6, 6.07) is 6.55. The molecule has 1 aromatic carbocycles. The average molecular weight is 246 g/mol. The first-order valence-electron chi connectivity index (χ1n) is 5.97. The molecule has 0 radical (unpaired) electrons. The lowest BCUT2D eigenvalue weighted by Crippen LogP contribution is -1.94. The van der Waals surface area contributed by atoms with Gasteiger partial charge >= 0.3 is 0 Å². The predicted molar refractivity (Wildman–Crippen MR) is 72.1 cm³/mol. The lowest BCUT2D eigenvalue weighted by Gasteiger charge is -2.12. The van der Waals surface area contributed by atoms with Crippen LogP contribution in [0, 0.1) is 0 Å². The fourth-order valence-corrected chi connectivity index (χ4v) is 1.86. The Labute approximate surface area is 107 Å². The first kappa shape index (κ1) is 12.5. The number of aromatic nitrogens is 1. The van der Waals surface area contributed by atoms with Crippen LogP contribution in [0.5, 0.6) is 5.75 Å². The summed E-state index contributed by atoms with van der Waals surface area (Å²) >= 11 is 0. The van der Waals surface area contributed by atoms with Gasteiger partial charge in [0.1, 0.15) is 5.75 Å². The van der Waals surface area contributed by atoms with E-state index in [4.69, 9.17) is 9.15 Å². The van der Waals surface area contributed by atoms with Crippen LogP contribution in [0.1, 0.15) is 25.3 Å². The van der Waals surface area contributed by atoms with E-state index in [1.54, 1.807) is 20.4 Å². The fraction of sp³-hybridized carbons (Fsp3) is 0.357. The summed E-state index contributed by atoms with van der Waals surface area (Å²) < 4.78 is 10.9. The summed E-state index contributed by atoms with van der Waals surface area (Å²) in [5.41, 5.74) is 2.17. The van der Waals surface area contributed by atoms with E-state index in [0.29, 0.717) is 11.9 Å². The number of hydrogen-bond donors (Lipinski definition) is 1. The molecule has 1 N–H and O–H groups in total. The van der Waals surface area contributed by atoms with Gasteiger partial charge in [0.25, 0.3) is 6.01 Å². The van der Waals surface area contributed by atoms with E-state index in [2.05, 4.69) is 30.2 Å². The third kappa shape index (κ3) is 2.32. The van der Waals surface area contributed by atoms with Crippen LogP contribution in [-0.4, -0.2) is 19.1 Å². The van der Waals surface area contributed by atoms with E-state index in [1.807, 2.05) is 12.1 Å². The van der Waals surface area contributed by atoms with Crippen molar-refractivity contribution in [3.05, 3.63) is 30.0 Å². The third-order valence-corrected chi connectivity index (χ3v) is 2.86. The molecule has 4 nitrogen and oxygen atoms in total. The average Bonchev–Trinajstić information content (AvgIpc) is 2.86. The Kier molecular flexibility index (Phi) is 3.55. The van der Waals surface area contributed by atoms with Crippen LogP contribution in [0.15, 0.2) is 28.8 Å². The summed E-state index contributed by atoms with van der Waals surface area (Å²) in [4.78, 5) is 4.12. The highest BCUT2D eigenvalue weighted by atomic mass is 16.5. The quantitative estimate of drug-likeness (QED) is 0.896. The number of benzene rings is 1. The third-order valence-electron chi connectivity index (χ3n) is 2.86. The highest BCUT2D eigenvalue weighted by molar-refractivity contribution is 5.61. The number of hydrogen-bond acceptors (Lipinski definition) is 4. The molecule has 2 aromatic rings. The van der Waals surface area contributed by atoms with Gasteiger partial charge in [0, 0.05) is 12.6 Å². The van der Waals surface area contributed by atoms with Gasteiger partial charge in [-0.2, -0.15) is 0 Å². The molecule has 0 amide bonds. The minimum absolute atomic E-state index is 0.395. The van der Waals surface area contributed by atoms with Gasteiger partial charge in [0.2, 0.25) is 0 Å². The van der Waals surface area contributed by atoms with Crippen LogP contribution in [0.4, 0.5) is 6.01 Å². The van der Waals surface area contributed by atoms with Gasteiger partial charge in [-0.3, -0.25) is 0 Å². The monoisotopic (exact) mass is 246 g/mol. The number of anilines is 1. The van der Waals surface area contributed by atoms with Crippen molar-refractivity contribution in [2.45, 2.75) is 19.8 Å². The van der Waals surface area contributed by atoms with Crippen LogP contribution >= 0.6 is 0 Å². The molecule has 96 valence electrons. The summed E-state index contributed by atoms with van der Waals surface area (Å²) in [5, 5.41) is 2.87. The van der Waals surface area contributed by atoms with Crippen LogP contribution in [0.25, 0.3) is 11.3 Å². The minimum Gasteiger partial charge on any atom is -0.496 e. The topological polar surface area (TPSA) is 47.3 Å². The van der Waals surface area contributed by atoms with Crippen molar-refractivity contribution < 1.29 is 9.15 Å². The number of nitrogens with zero attached hydrogens (tertiary/aromatic N) is 1. The van der Waals surface area contributed by atoms with Gasteiger partial charge < -0.3 is 14.5 Å². The van der Waals surface area contributed by atoms with Crippen LogP contribution in [0.3, 0.4) is 0 Å². The molecule has 0 atom stereocenters. The molecular formula is C14H18N2O2. The van der Waals surface area contributed by atoms with Gasteiger partial charge in [-0.05, 0) is 29.7 Å². The molecule has 1 aromatic heterocycles. The van der Waals surface area contributed by atoms with E-state index in [-0.39, 0.29) is 0 Å². The van der Waals surface area contributed by atoms with E-state index in [0.717, 1.165) is 22.6 Å². The Morgan fingerprint density at radius 2 is 2.11 bits per heavy atom. The molecular weight excluding hydrogens is 228 g/mol. The number of ether oxygens (including phenoxy) is 1. The molecule has 1 heterocycles. The zero-order chi connectivity index (χ0) is 13.1. The maximum atomic E-state index is 5.56. The standard InChI is InChI=1S/C14H18N2O2/c1-9(2)11-7-10(5-6-12(11)17-4)13-8-16-14(15-3)18-13/h5-9H,1-4H3,(H,15,16). The second-order valence-electron chi connectivity index (χ2n) is 4.39. The summed E-state index contributed by atoms with van der Waals surface area (Å²) in [6.45, 7) is 4.28. The van der Waals surface area contributed by atoms with E-state index in [9.17, 15) is 0 Å². The Morgan fingerprint density at radius 1 is 1.33 bits per heavy atom. The highest BCUT2D eigenvalue weighted by Crippen LogP contribution is 2.32. The Hall–Kier alpha value is -1.97. The minimum atomic E-state index is 0.395. The zero-order valence-electron chi connectivity index (χ0n) is 11.2. The Morgan fingerprint density at radius 3 is 2.67 bits per heavy atom. The summed E-state index contributed by atoms with van der Waals surface area (Å²) in [6.07, 6.45) is 1.72. The molecule has 0 saturated heterocycles. The maximum Gasteiger partial charge on any atom is 0.294 e. The number of oxazole rings is 1. The van der Waals surface area contributed by atoms with Crippen LogP contribution in [-0.2, 0) is 0 Å². The van der Waals surface area contributed by atoms with Crippen molar-refractivity contribution in [2.75, 3.05) is 19.5 Å². The largest absolute Gasteiger partial charge is 0.496 e. The summed E-state index contributed by atoms with van der Waals surface area (Å²) in [7, 11) is 3.47. The van der Waals surface area contributed by atoms with Crippen LogP contribution < -0.4 is 10.1 Å². The lowest BCUT2D eigenvalue weighted by atomic mass is 9.99. The van der Waals surface area contributed by atoms with Gasteiger partial charge in [0.15, 0.2) is 5.76 Å². The van der Waals surface area contributed by atoms with Gasteiger partial charge in [0.05, 0.1) is 13.3 Å². The molecule has 0 spiro atoms. The molecule has 2 rings (SSSR count). The lowest BCUT2D eigenvalue weighted by molar-refractivity contribution is 0.407.